The molecule has 0 unspecified atom stereocenters. The summed E-state index contributed by atoms with van der Waals surface area (Å²) < 4.78 is 5.15. The molecule has 2 aromatic carbocycles. The van der Waals surface area contributed by atoms with Crippen LogP contribution in [0.2, 0.25) is 0 Å². The summed E-state index contributed by atoms with van der Waals surface area (Å²) in [5.74, 6) is -0.916. The van der Waals surface area contributed by atoms with E-state index in [0.29, 0.717) is 11.3 Å². The van der Waals surface area contributed by atoms with Crippen molar-refractivity contribution >= 4 is 18.1 Å². The third-order valence-electron chi connectivity index (χ3n) is 2.87. The molecule has 0 spiro atoms. The fraction of sp³-hybridized carbons (Fsp3) is 0.118. The zero-order valence-electron chi connectivity index (χ0n) is 12.3. The van der Waals surface area contributed by atoms with Crippen LogP contribution in [0, 0.1) is 0 Å². The molecule has 0 aliphatic heterocycles. The predicted molar refractivity (Wildman–Crippen MR) is 85.5 cm³/mol. The van der Waals surface area contributed by atoms with E-state index in [0.717, 1.165) is 5.56 Å². The molecule has 2 aromatic rings. The third kappa shape index (κ3) is 5.62. The Balaban J connectivity index is 1.92. The Bertz CT molecular complexity index is 699. The highest BCUT2D eigenvalue weighted by molar-refractivity contribution is 5.85. The Morgan fingerprint density at radius 2 is 1.78 bits per heavy atom. The van der Waals surface area contributed by atoms with Gasteiger partial charge in [0.1, 0.15) is 5.75 Å². The van der Waals surface area contributed by atoms with Gasteiger partial charge < -0.3 is 9.84 Å². The van der Waals surface area contributed by atoms with Gasteiger partial charge in [0.2, 0.25) is 5.91 Å². The first-order valence-corrected chi connectivity index (χ1v) is 6.94. The summed E-state index contributed by atoms with van der Waals surface area (Å²) in [6.45, 7) is -0.439. The summed E-state index contributed by atoms with van der Waals surface area (Å²) in [5.41, 5.74) is 3.90. The number of carboxylic acids is 1. The number of ether oxygens (including phenoxy) is 1. The summed E-state index contributed by atoms with van der Waals surface area (Å²) in [6.07, 6.45) is 1.65. The summed E-state index contributed by atoms with van der Waals surface area (Å²) in [5, 5.41) is 12.5. The molecule has 0 heterocycles. The van der Waals surface area contributed by atoms with Crippen molar-refractivity contribution in [3.8, 4) is 5.75 Å². The van der Waals surface area contributed by atoms with Crippen molar-refractivity contribution in [1.82, 2.24) is 5.43 Å². The molecule has 2 N–H and O–H groups in total. The number of nitrogens with one attached hydrogen (secondary N) is 1. The Hall–Kier alpha value is -3.15. The van der Waals surface area contributed by atoms with Crippen LogP contribution in [0.5, 0.6) is 5.75 Å². The molecule has 0 radical (unpaired) electrons. The molecule has 0 saturated carbocycles. The van der Waals surface area contributed by atoms with Crippen molar-refractivity contribution in [2.45, 2.75) is 6.42 Å². The zero-order chi connectivity index (χ0) is 16.5. The molecule has 0 bridgehead atoms. The Morgan fingerprint density at radius 3 is 2.52 bits per heavy atom. The molecule has 2 rings (SSSR count). The van der Waals surface area contributed by atoms with E-state index in [2.05, 4.69) is 10.5 Å². The maximum absolute atomic E-state index is 11.8. The van der Waals surface area contributed by atoms with Crippen LogP contribution in [0.25, 0.3) is 0 Å². The van der Waals surface area contributed by atoms with Crippen molar-refractivity contribution in [3.05, 3.63) is 65.7 Å². The van der Waals surface area contributed by atoms with E-state index in [1.165, 1.54) is 6.21 Å². The van der Waals surface area contributed by atoms with Crippen LogP contribution in [0.15, 0.2) is 59.7 Å². The maximum Gasteiger partial charge on any atom is 0.341 e. The average molecular weight is 312 g/mol. The standard InChI is InChI=1S/C17H16N2O4/c20-16(10-13-6-2-1-3-7-13)19-18-11-14-8-4-5-9-15(14)23-12-17(21)22/h1-9,11H,10,12H2,(H,19,20)(H,21,22)/b18-11+. The molecule has 0 fully saturated rings. The molecule has 6 heteroatoms. The van der Waals surface area contributed by atoms with Gasteiger partial charge in [-0.25, -0.2) is 10.2 Å². The van der Waals surface area contributed by atoms with Crippen LogP contribution in [-0.2, 0) is 16.0 Å². The normalized spacial score (nSPS) is 10.4. The minimum atomic E-state index is -1.06. The van der Waals surface area contributed by atoms with Crippen molar-refractivity contribution in [3.63, 3.8) is 0 Å². The van der Waals surface area contributed by atoms with Crippen LogP contribution in [0.4, 0.5) is 0 Å². The Labute approximate surface area is 133 Å². The number of hydrogen-bond acceptors (Lipinski definition) is 4. The van der Waals surface area contributed by atoms with Gasteiger partial charge in [-0.1, -0.05) is 42.5 Å². The number of hydrazone groups is 1. The second-order valence-electron chi connectivity index (χ2n) is 4.68. The smallest absolute Gasteiger partial charge is 0.341 e. The lowest BCUT2D eigenvalue weighted by molar-refractivity contribution is -0.139. The second kappa shape index (κ2) is 8.33. The van der Waals surface area contributed by atoms with Crippen molar-refractivity contribution < 1.29 is 19.4 Å². The zero-order valence-corrected chi connectivity index (χ0v) is 12.3. The topological polar surface area (TPSA) is 88.0 Å². The van der Waals surface area contributed by atoms with E-state index in [1.54, 1.807) is 24.3 Å². The molecular formula is C17H16N2O4. The first-order valence-electron chi connectivity index (χ1n) is 6.94. The van der Waals surface area contributed by atoms with Gasteiger partial charge in [0.25, 0.3) is 0 Å². The number of hydrogen-bond donors (Lipinski definition) is 2. The van der Waals surface area contributed by atoms with E-state index in [1.807, 2.05) is 30.3 Å². The summed E-state index contributed by atoms with van der Waals surface area (Å²) in [4.78, 5) is 22.3. The lowest BCUT2D eigenvalue weighted by atomic mass is 10.1. The fourth-order valence-corrected chi connectivity index (χ4v) is 1.85. The molecule has 23 heavy (non-hydrogen) atoms. The van der Waals surface area contributed by atoms with E-state index in [9.17, 15) is 9.59 Å². The Kier molecular flexibility index (Phi) is 5.88. The molecule has 0 atom stereocenters. The SMILES string of the molecule is O=C(O)COc1ccccc1/C=N/NC(=O)Cc1ccccc1. The fourth-order valence-electron chi connectivity index (χ4n) is 1.85. The molecule has 0 aromatic heterocycles. The van der Waals surface area contributed by atoms with Crippen molar-refractivity contribution in [2.24, 2.45) is 5.10 Å². The first kappa shape index (κ1) is 16.2. The summed E-state index contributed by atoms with van der Waals surface area (Å²) >= 11 is 0. The molecule has 1 amide bonds. The van der Waals surface area contributed by atoms with Gasteiger partial charge >= 0.3 is 5.97 Å². The second-order valence-corrected chi connectivity index (χ2v) is 4.68. The number of amides is 1. The van der Waals surface area contributed by atoms with Gasteiger partial charge in [0, 0.05) is 5.56 Å². The van der Waals surface area contributed by atoms with Crippen LogP contribution in [-0.4, -0.2) is 29.8 Å². The number of benzene rings is 2. The van der Waals surface area contributed by atoms with Crippen LogP contribution >= 0.6 is 0 Å². The lowest BCUT2D eigenvalue weighted by Crippen LogP contribution is -2.19. The molecule has 6 nitrogen and oxygen atoms in total. The molecule has 118 valence electrons. The summed E-state index contributed by atoms with van der Waals surface area (Å²) in [6, 6.07) is 16.2. The van der Waals surface area contributed by atoms with Crippen LogP contribution in [0.3, 0.4) is 0 Å². The Morgan fingerprint density at radius 1 is 1.09 bits per heavy atom. The third-order valence-corrected chi connectivity index (χ3v) is 2.87. The quantitative estimate of drug-likeness (QED) is 0.603. The largest absolute Gasteiger partial charge is 0.481 e. The van der Waals surface area contributed by atoms with Gasteiger partial charge in [-0.15, -0.1) is 0 Å². The highest BCUT2D eigenvalue weighted by Crippen LogP contribution is 2.15. The average Bonchev–Trinajstić information content (AvgIpc) is 2.55. The van der Waals surface area contributed by atoms with Gasteiger partial charge in [-0.3, -0.25) is 4.79 Å². The van der Waals surface area contributed by atoms with Gasteiger partial charge in [-0.2, -0.15) is 5.10 Å². The van der Waals surface area contributed by atoms with Crippen LogP contribution < -0.4 is 10.2 Å². The highest BCUT2D eigenvalue weighted by atomic mass is 16.5. The number of carbonyl (C=O) groups excluding carboxylic acids is 1. The first-order chi connectivity index (χ1) is 11.1. The molecule has 0 aliphatic carbocycles. The predicted octanol–water partition coefficient (Wildman–Crippen LogP) is 1.84. The highest BCUT2D eigenvalue weighted by Gasteiger charge is 2.04. The van der Waals surface area contributed by atoms with Gasteiger partial charge in [0.15, 0.2) is 6.61 Å². The number of aliphatic carboxylic acids is 1. The minimum Gasteiger partial charge on any atom is -0.481 e. The van der Waals surface area contributed by atoms with E-state index < -0.39 is 12.6 Å². The molecule has 0 aliphatic rings. The minimum absolute atomic E-state index is 0.231. The van der Waals surface area contributed by atoms with E-state index in [-0.39, 0.29) is 12.3 Å². The maximum atomic E-state index is 11.8. The van der Waals surface area contributed by atoms with Crippen molar-refractivity contribution in [1.29, 1.82) is 0 Å². The van der Waals surface area contributed by atoms with E-state index in [4.69, 9.17) is 9.84 Å². The van der Waals surface area contributed by atoms with E-state index >= 15 is 0 Å². The number of carboxylic acid groups (broad SMARTS) is 1. The van der Waals surface area contributed by atoms with Gasteiger partial charge in [-0.05, 0) is 17.7 Å². The van der Waals surface area contributed by atoms with Gasteiger partial charge in [0.05, 0.1) is 12.6 Å². The molecule has 0 saturated heterocycles. The number of para-hydroxylation sites is 1. The number of nitrogens with zero attached hydrogens (tertiary/aromatic N) is 1. The number of carbonyl (C=O) groups is 2. The van der Waals surface area contributed by atoms with Crippen molar-refractivity contribution in [2.75, 3.05) is 6.61 Å². The lowest BCUT2D eigenvalue weighted by Gasteiger charge is -2.06. The summed E-state index contributed by atoms with van der Waals surface area (Å²) in [7, 11) is 0. The number of rotatable bonds is 7. The monoisotopic (exact) mass is 312 g/mol. The van der Waals surface area contributed by atoms with Crippen LogP contribution in [0.1, 0.15) is 11.1 Å². The molecular weight excluding hydrogens is 296 g/mol.